The fourth-order valence-electron chi connectivity index (χ4n) is 1.90. The number of hydrogen-bond donors (Lipinski definition) is 2. The molecule has 0 radical (unpaired) electrons. The molecule has 0 aromatic carbocycles. The van der Waals surface area contributed by atoms with E-state index >= 15 is 0 Å². The van der Waals surface area contributed by atoms with Crippen LogP contribution in [0.25, 0.3) is 0 Å². The summed E-state index contributed by atoms with van der Waals surface area (Å²) in [5.41, 5.74) is -5.31. The van der Waals surface area contributed by atoms with Crippen LogP contribution in [0.15, 0.2) is 0 Å². The Hall–Kier alpha value is -1.18. The van der Waals surface area contributed by atoms with Gasteiger partial charge in [-0.15, -0.1) is 0 Å². The molecule has 0 aromatic rings. The van der Waals surface area contributed by atoms with Gasteiger partial charge in [-0.05, 0) is 14.1 Å². The second-order valence-electron chi connectivity index (χ2n) is 6.42. The highest BCUT2D eigenvalue weighted by Gasteiger charge is 2.72. The van der Waals surface area contributed by atoms with Gasteiger partial charge in [-0.3, -0.25) is 4.55 Å². The van der Waals surface area contributed by atoms with Crippen molar-refractivity contribution < 1.29 is 78.8 Å². The molecule has 0 amide bonds. The third-order valence-corrected chi connectivity index (χ3v) is 4.50. The molecule has 9 atom stereocenters. The first kappa shape index (κ1) is 35.0. The molecule has 0 aliphatic heterocycles. The summed E-state index contributed by atoms with van der Waals surface area (Å²) >= 11 is 0. The van der Waals surface area contributed by atoms with Gasteiger partial charge in [-0.2, -0.15) is 26.0 Å². The van der Waals surface area contributed by atoms with Gasteiger partial charge in [0.05, 0.1) is 0 Å². The van der Waals surface area contributed by atoms with Gasteiger partial charge in [0.15, 0.2) is 43.2 Å². The van der Waals surface area contributed by atoms with Crippen molar-refractivity contribution in [1.29, 1.82) is 0 Å². The van der Waals surface area contributed by atoms with Crippen LogP contribution in [0.4, 0.5) is 65.9 Å². The second kappa shape index (κ2) is 13.2. The molecule has 4 nitrogen and oxygen atoms in total. The number of alkyl halides is 15. The van der Waals surface area contributed by atoms with E-state index in [-0.39, 0.29) is 0 Å². The highest BCUT2D eigenvalue weighted by Crippen LogP contribution is 2.46. The molecule has 0 bridgehead atoms. The predicted octanol–water partition coefficient (Wildman–Crippen LogP) is 4.25. The summed E-state index contributed by atoms with van der Waals surface area (Å²) in [7, 11) is -2.94. The number of nitrogens with one attached hydrogen (secondary N) is 1. The van der Waals surface area contributed by atoms with E-state index in [9.17, 15) is 74.3 Å². The zero-order valence-corrected chi connectivity index (χ0v) is 17.4. The van der Waals surface area contributed by atoms with Crippen molar-refractivity contribution >= 4 is 10.1 Å². The van der Waals surface area contributed by atoms with Crippen LogP contribution in [0.2, 0.25) is 0 Å². The Kier molecular flexibility index (Phi) is 13.6. The predicted molar refractivity (Wildman–Crippen MR) is 86.5 cm³/mol. The largest absolute Gasteiger partial charge is 0.360 e. The third kappa shape index (κ3) is 8.20. The van der Waals surface area contributed by atoms with Crippen molar-refractivity contribution in [3.05, 3.63) is 0 Å². The monoisotopic (exact) mass is 565 g/mol. The zero-order chi connectivity index (χ0) is 28.0. The molecule has 2 N–H and O–H groups in total. The molecule has 208 valence electrons. The molecule has 0 aliphatic carbocycles. The Balaban J connectivity index is 0. The summed E-state index contributed by atoms with van der Waals surface area (Å²) in [6.45, 7) is 0. The average Bonchev–Trinajstić information content (AvgIpc) is 2.73. The van der Waals surface area contributed by atoms with E-state index in [1.807, 2.05) is 14.1 Å². The van der Waals surface area contributed by atoms with Gasteiger partial charge in [0.2, 0.25) is 6.17 Å². The minimum atomic E-state index is -6.87. The lowest BCUT2D eigenvalue weighted by atomic mass is 9.94. The van der Waals surface area contributed by atoms with E-state index in [1.54, 1.807) is 0 Å². The summed E-state index contributed by atoms with van der Waals surface area (Å²) < 4.78 is 223. The molecule has 0 fully saturated rings. The van der Waals surface area contributed by atoms with E-state index in [0.717, 1.165) is 0 Å². The molecule has 0 heterocycles. The maximum atomic E-state index is 13.4. The molecule has 20 heteroatoms. The number of hydrogen-bond acceptors (Lipinski definition) is 3. The maximum Gasteiger partial charge on any atom is 0.360 e. The topological polar surface area (TPSA) is 66.4 Å². The summed E-state index contributed by atoms with van der Waals surface area (Å²) in [5, 5.41) is 2.75. The van der Waals surface area contributed by atoms with Crippen molar-refractivity contribution in [1.82, 2.24) is 5.32 Å². The van der Waals surface area contributed by atoms with Gasteiger partial charge in [0.1, 0.15) is 0 Å². The molecule has 0 saturated carbocycles. The summed E-state index contributed by atoms with van der Waals surface area (Å²) in [6, 6.07) is 0. The van der Waals surface area contributed by atoms with Gasteiger partial charge in [-0.25, -0.2) is 48.3 Å². The lowest BCUT2D eigenvalue weighted by Gasteiger charge is -2.33. The van der Waals surface area contributed by atoms with Crippen molar-refractivity contribution in [2.75, 3.05) is 14.1 Å². The standard InChI is InChI=1S/C12H11F15O3S.C2H7N/c13-1(3(15)5(17)7(19)9(21)22)2(14)4(16)6(18)8(20)11(24,25)12(26,27)10(23)31(28,29)30;1-3-2/h1-10H,(H,28,29,30);3H,1-2H3. The Morgan fingerprint density at radius 2 is 0.853 bits per heavy atom. The second-order valence-corrected chi connectivity index (χ2v) is 7.87. The van der Waals surface area contributed by atoms with E-state index in [4.69, 9.17) is 4.55 Å². The minimum Gasteiger partial charge on any atom is -0.323 e. The lowest BCUT2D eigenvalue weighted by Crippen LogP contribution is -2.60. The molecular weight excluding hydrogens is 547 g/mol. The molecule has 0 aliphatic rings. The van der Waals surface area contributed by atoms with Gasteiger partial charge in [0.25, 0.3) is 11.9 Å². The Labute approximate surface area is 182 Å². The molecule has 9 unspecified atom stereocenters. The molecule has 0 rings (SSSR count). The van der Waals surface area contributed by atoms with Crippen molar-refractivity contribution in [3.8, 4) is 0 Å². The zero-order valence-electron chi connectivity index (χ0n) is 16.6. The first-order chi connectivity index (χ1) is 15.0. The quantitative estimate of drug-likeness (QED) is 0.275. The van der Waals surface area contributed by atoms with Crippen LogP contribution < -0.4 is 5.32 Å². The Morgan fingerprint density at radius 3 is 1.12 bits per heavy atom. The van der Waals surface area contributed by atoms with E-state index in [2.05, 4.69) is 5.32 Å². The molecule has 0 aromatic heterocycles. The first-order valence-corrected chi connectivity index (χ1v) is 9.91. The van der Waals surface area contributed by atoms with Gasteiger partial charge in [-0.1, -0.05) is 0 Å². The Bertz CT molecular complexity index is 700. The van der Waals surface area contributed by atoms with Gasteiger partial charge >= 0.3 is 22.0 Å². The first-order valence-electron chi connectivity index (χ1n) is 8.40. The highest BCUT2D eigenvalue weighted by molar-refractivity contribution is 7.86. The summed E-state index contributed by atoms with van der Waals surface area (Å²) in [5.74, 6) is -13.7. The van der Waals surface area contributed by atoms with Crippen LogP contribution in [-0.2, 0) is 10.1 Å². The third-order valence-electron chi connectivity index (χ3n) is 3.68. The van der Waals surface area contributed by atoms with Crippen LogP contribution in [0.3, 0.4) is 0 Å². The van der Waals surface area contributed by atoms with Gasteiger partial charge < -0.3 is 5.32 Å². The molecule has 0 saturated heterocycles. The molecule has 34 heavy (non-hydrogen) atoms. The molecular formula is C14H18F15NO3S. The highest BCUT2D eigenvalue weighted by atomic mass is 32.2. The molecule has 0 spiro atoms. The lowest BCUT2D eigenvalue weighted by molar-refractivity contribution is -0.264. The SMILES string of the molecule is CNC.O=S(=O)(O)C(F)C(F)(F)C(F)(F)C(F)C(F)C(F)C(F)C(F)C(F)C(F)C(F)C(F)F. The van der Waals surface area contributed by atoms with Crippen molar-refractivity contribution in [3.63, 3.8) is 0 Å². The van der Waals surface area contributed by atoms with Crippen LogP contribution in [-0.4, -0.2) is 100 Å². The van der Waals surface area contributed by atoms with Crippen LogP contribution in [0.5, 0.6) is 0 Å². The fraction of sp³-hybridized carbons (Fsp3) is 1.00. The van der Waals surface area contributed by atoms with Crippen molar-refractivity contribution in [2.45, 2.75) is 73.1 Å². The summed E-state index contributed by atoms with van der Waals surface area (Å²) in [6.07, 6.45) is -41.1. The Morgan fingerprint density at radius 1 is 0.588 bits per heavy atom. The van der Waals surface area contributed by atoms with E-state index in [1.165, 1.54) is 0 Å². The average molecular weight is 565 g/mol. The van der Waals surface area contributed by atoms with Crippen LogP contribution >= 0.6 is 0 Å². The van der Waals surface area contributed by atoms with E-state index in [0.29, 0.717) is 0 Å². The van der Waals surface area contributed by atoms with Crippen molar-refractivity contribution in [2.24, 2.45) is 0 Å². The van der Waals surface area contributed by atoms with E-state index < -0.39 is 83.3 Å². The van der Waals surface area contributed by atoms with Crippen LogP contribution in [0, 0.1) is 0 Å². The number of halogens is 15. The minimum absolute atomic E-state index is 1.88. The normalized spacial score (nSPS) is 21.4. The number of rotatable bonds is 12. The maximum absolute atomic E-state index is 13.4. The van der Waals surface area contributed by atoms with Crippen LogP contribution in [0.1, 0.15) is 0 Å². The van der Waals surface area contributed by atoms with Gasteiger partial charge in [0, 0.05) is 0 Å². The smallest absolute Gasteiger partial charge is 0.323 e. The summed E-state index contributed by atoms with van der Waals surface area (Å²) in [4.78, 5) is 0. The fourth-order valence-corrected chi connectivity index (χ4v) is 2.43.